The summed E-state index contributed by atoms with van der Waals surface area (Å²) in [5.74, 6) is -0.00989. The highest BCUT2D eigenvalue weighted by atomic mass is 127. The zero-order valence-corrected chi connectivity index (χ0v) is 30.3. The quantitative estimate of drug-likeness (QED) is 0.128. The van der Waals surface area contributed by atoms with Crippen molar-refractivity contribution in [3.05, 3.63) is 81.2 Å². The molecule has 0 spiro atoms. The molecule has 0 bridgehead atoms. The summed E-state index contributed by atoms with van der Waals surface area (Å²) in [5.41, 5.74) is 0.364. The molecule has 48 heavy (non-hydrogen) atoms. The van der Waals surface area contributed by atoms with Crippen LogP contribution in [0.1, 0.15) is 82.0 Å². The molecule has 5 rings (SSSR count). The van der Waals surface area contributed by atoms with Gasteiger partial charge in [-0.05, 0) is 89.3 Å². The van der Waals surface area contributed by atoms with Gasteiger partial charge in [-0.3, -0.25) is 18.5 Å². The molecule has 0 fully saturated rings. The van der Waals surface area contributed by atoms with Crippen molar-refractivity contribution in [2.75, 3.05) is 13.7 Å². The van der Waals surface area contributed by atoms with Gasteiger partial charge in [0.25, 0.3) is 0 Å². The van der Waals surface area contributed by atoms with E-state index in [4.69, 9.17) is 18.9 Å². The van der Waals surface area contributed by atoms with Crippen molar-refractivity contribution in [2.24, 2.45) is 0 Å². The number of nitrogens with zero attached hydrogens (tertiary/aromatic N) is 4. The van der Waals surface area contributed by atoms with Crippen LogP contribution in [0.2, 0.25) is 0 Å². The van der Waals surface area contributed by atoms with Gasteiger partial charge in [-0.1, -0.05) is 18.2 Å². The van der Waals surface area contributed by atoms with Gasteiger partial charge in [0, 0.05) is 41.4 Å². The van der Waals surface area contributed by atoms with Gasteiger partial charge < -0.3 is 24.1 Å². The monoisotopic (exact) mass is 770 g/mol. The van der Waals surface area contributed by atoms with E-state index < -0.39 is 35.3 Å². The van der Waals surface area contributed by atoms with Crippen molar-refractivity contribution in [2.45, 2.75) is 72.5 Å². The lowest BCUT2D eigenvalue weighted by atomic mass is 10.1. The second-order valence-corrected chi connectivity index (χ2v) is 14.1. The minimum absolute atomic E-state index is 0.00293. The number of rotatable bonds is 8. The van der Waals surface area contributed by atoms with E-state index in [0.29, 0.717) is 49.1 Å². The second-order valence-electron chi connectivity index (χ2n) is 13.1. The number of fused-ring (bicyclic) bond motifs is 2. The first-order valence-corrected chi connectivity index (χ1v) is 16.4. The van der Waals surface area contributed by atoms with E-state index in [9.17, 15) is 19.5 Å². The van der Waals surface area contributed by atoms with Crippen molar-refractivity contribution in [1.29, 1.82) is 0 Å². The first-order valence-electron chi connectivity index (χ1n) is 15.4. The molecule has 1 atom stereocenters. The third-order valence-corrected chi connectivity index (χ3v) is 8.12. The predicted octanol–water partition coefficient (Wildman–Crippen LogP) is 7.28. The highest BCUT2D eigenvalue weighted by Crippen LogP contribution is 2.35. The number of hydrogen-bond donors (Lipinski definition) is 1. The molecule has 2 aromatic carbocycles. The Hall–Kier alpha value is -4.21. The van der Waals surface area contributed by atoms with E-state index in [-0.39, 0.29) is 18.1 Å². The number of carbonyl (C=O) groups excluding carboxylic acids is 3. The number of benzene rings is 2. The Bertz CT molecular complexity index is 2030. The van der Waals surface area contributed by atoms with Crippen LogP contribution in [-0.4, -0.2) is 66.7 Å². The van der Waals surface area contributed by atoms with Crippen LogP contribution in [0.15, 0.2) is 54.9 Å². The summed E-state index contributed by atoms with van der Waals surface area (Å²) in [6.07, 6.45) is 0.402. The van der Waals surface area contributed by atoms with Crippen LogP contribution in [0.25, 0.3) is 21.8 Å². The fourth-order valence-corrected chi connectivity index (χ4v) is 6.13. The van der Waals surface area contributed by atoms with Crippen molar-refractivity contribution in [1.82, 2.24) is 18.7 Å². The zero-order valence-electron chi connectivity index (χ0n) is 28.2. The summed E-state index contributed by atoms with van der Waals surface area (Å²) >= 11 is 1.98. The Labute approximate surface area is 291 Å². The van der Waals surface area contributed by atoms with Crippen LogP contribution in [0.4, 0.5) is 9.59 Å². The summed E-state index contributed by atoms with van der Waals surface area (Å²) in [6.45, 7) is 12.7. The maximum atomic E-state index is 14.4. The standard InChI is InChI=1S/C35H39IN4O8/c1-9-46-19-40-27(28(41)23-17-38(32(43)47-34(2,3)4)25-13-11-10-12-21(23)25)30(36)37-31(40)29(42)24-18-39(33(44)48-35(5,6)7)26-16-20(45-8)14-15-22(24)26/h10-18,28,41H,9,19H2,1-8H3. The number of ketones is 1. The topological polar surface area (TPSA) is 136 Å². The van der Waals surface area contributed by atoms with Gasteiger partial charge in [0.15, 0.2) is 5.82 Å². The molecule has 12 nitrogen and oxygen atoms in total. The normalized spacial score (nSPS) is 12.8. The molecule has 3 aromatic heterocycles. The van der Waals surface area contributed by atoms with Gasteiger partial charge >= 0.3 is 12.2 Å². The number of halogens is 1. The molecule has 13 heteroatoms. The molecule has 3 heterocycles. The number of hydrogen-bond acceptors (Lipinski definition) is 9. The number of carbonyl (C=O) groups is 3. The highest BCUT2D eigenvalue weighted by molar-refractivity contribution is 14.1. The molecule has 0 saturated heterocycles. The van der Waals surface area contributed by atoms with Gasteiger partial charge in [-0.15, -0.1) is 0 Å². The van der Waals surface area contributed by atoms with Crippen LogP contribution in [0.5, 0.6) is 5.75 Å². The van der Waals surface area contributed by atoms with Gasteiger partial charge in [0.05, 0.1) is 29.4 Å². The maximum Gasteiger partial charge on any atom is 0.419 e. The Kier molecular flexibility index (Phi) is 9.77. The first-order chi connectivity index (χ1) is 22.5. The van der Waals surface area contributed by atoms with E-state index >= 15 is 0 Å². The van der Waals surface area contributed by atoms with Crippen LogP contribution >= 0.6 is 22.6 Å². The van der Waals surface area contributed by atoms with Crippen LogP contribution in [-0.2, 0) is 20.9 Å². The van der Waals surface area contributed by atoms with Gasteiger partial charge in [0.1, 0.15) is 33.5 Å². The average molecular weight is 771 g/mol. The lowest BCUT2D eigenvalue weighted by molar-refractivity contribution is 0.0532. The van der Waals surface area contributed by atoms with E-state index in [0.717, 1.165) is 0 Å². The molecule has 1 unspecified atom stereocenters. The summed E-state index contributed by atoms with van der Waals surface area (Å²) in [7, 11) is 1.51. The minimum atomic E-state index is -1.31. The molecule has 1 N–H and O–H groups in total. The first kappa shape index (κ1) is 35.1. The van der Waals surface area contributed by atoms with E-state index in [1.165, 1.54) is 27.0 Å². The molecule has 5 aromatic rings. The van der Waals surface area contributed by atoms with E-state index in [1.54, 1.807) is 84.1 Å². The van der Waals surface area contributed by atoms with E-state index in [2.05, 4.69) is 4.98 Å². The van der Waals surface area contributed by atoms with Crippen LogP contribution in [0.3, 0.4) is 0 Å². The summed E-state index contributed by atoms with van der Waals surface area (Å²) < 4.78 is 26.9. The number of ether oxygens (including phenoxy) is 4. The molecular formula is C35H39IN4O8. The van der Waals surface area contributed by atoms with Crippen molar-refractivity contribution in [3.8, 4) is 5.75 Å². The number of para-hydroxylation sites is 1. The summed E-state index contributed by atoms with van der Waals surface area (Å²) in [4.78, 5) is 45.5. The molecule has 0 amide bonds. The molecular weight excluding hydrogens is 731 g/mol. The average Bonchev–Trinajstić information content (AvgIpc) is 3.68. The third-order valence-electron chi connectivity index (χ3n) is 7.32. The number of aliphatic hydroxyl groups excluding tert-OH is 1. The zero-order chi connectivity index (χ0) is 35.1. The van der Waals surface area contributed by atoms with Gasteiger partial charge in [-0.25, -0.2) is 14.6 Å². The van der Waals surface area contributed by atoms with Gasteiger partial charge in [0.2, 0.25) is 5.78 Å². The number of methoxy groups -OCH3 is 1. The summed E-state index contributed by atoms with van der Waals surface area (Å²) in [6, 6.07) is 12.2. The molecule has 0 saturated carbocycles. The fourth-order valence-electron chi connectivity index (χ4n) is 5.31. The summed E-state index contributed by atoms with van der Waals surface area (Å²) in [5, 5.41) is 13.1. The highest BCUT2D eigenvalue weighted by Gasteiger charge is 2.32. The Morgan fingerprint density at radius 2 is 1.52 bits per heavy atom. The lowest BCUT2D eigenvalue weighted by Crippen LogP contribution is -2.26. The number of imidazole rings is 1. The largest absolute Gasteiger partial charge is 0.497 e. The Balaban J connectivity index is 1.65. The van der Waals surface area contributed by atoms with E-state index in [1.807, 2.05) is 35.6 Å². The molecule has 0 radical (unpaired) electrons. The van der Waals surface area contributed by atoms with Crippen molar-refractivity contribution in [3.63, 3.8) is 0 Å². The third kappa shape index (κ3) is 6.98. The van der Waals surface area contributed by atoms with Gasteiger partial charge in [-0.2, -0.15) is 0 Å². The minimum Gasteiger partial charge on any atom is -0.497 e. The van der Waals surface area contributed by atoms with Crippen LogP contribution < -0.4 is 4.74 Å². The fraction of sp³-hybridized carbons (Fsp3) is 0.371. The SMILES string of the molecule is CCOCn1c(C(=O)c2cn(C(=O)OC(C)(C)C)c3cc(OC)ccc23)nc(I)c1C(O)c1cn(C(=O)OC(C)(C)C)c2ccccc12. The Morgan fingerprint density at radius 3 is 2.12 bits per heavy atom. The molecule has 0 aliphatic rings. The smallest absolute Gasteiger partial charge is 0.419 e. The molecule has 0 aliphatic heterocycles. The van der Waals surface area contributed by atoms with Crippen molar-refractivity contribution < 1.29 is 38.4 Å². The molecule has 254 valence electrons. The Morgan fingerprint density at radius 1 is 0.896 bits per heavy atom. The number of aliphatic hydroxyl groups is 1. The maximum absolute atomic E-state index is 14.4. The lowest BCUT2D eigenvalue weighted by Gasteiger charge is -2.19. The number of aromatic nitrogens is 4. The van der Waals surface area contributed by atoms with Crippen LogP contribution in [0, 0.1) is 3.70 Å². The second kappa shape index (κ2) is 13.4. The predicted molar refractivity (Wildman–Crippen MR) is 188 cm³/mol. The molecule has 0 aliphatic carbocycles. The van der Waals surface area contributed by atoms with Crippen molar-refractivity contribution >= 4 is 62.4 Å².